The minimum atomic E-state index is -0.543. The minimum Gasteiger partial charge on any atom is -0.457 e. The number of carbonyl (C=O) groups is 3. The first-order chi connectivity index (χ1) is 12.0. The lowest BCUT2D eigenvalue weighted by atomic mass is 10.1. The Hall–Kier alpha value is -2.75. The topological polar surface area (TPSA) is 60.4 Å². The summed E-state index contributed by atoms with van der Waals surface area (Å²) in [6.45, 7) is 3.68. The minimum absolute atomic E-state index is 0.0330. The van der Waals surface area contributed by atoms with E-state index in [-0.39, 0.29) is 31.0 Å². The molecular formula is C21H22O4. The van der Waals surface area contributed by atoms with Crippen LogP contribution >= 0.6 is 0 Å². The van der Waals surface area contributed by atoms with Gasteiger partial charge in [0.05, 0.1) is 6.42 Å². The van der Waals surface area contributed by atoms with Gasteiger partial charge >= 0.3 is 5.97 Å². The molecule has 2 aromatic rings. The zero-order valence-electron chi connectivity index (χ0n) is 14.6. The predicted molar refractivity (Wildman–Crippen MR) is 95.9 cm³/mol. The second-order valence-electron chi connectivity index (χ2n) is 5.92. The van der Waals surface area contributed by atoms with Crippen molar-refractivity contribution in [2.24, 2.45) is 0 Å². The maximum atomic E-state index is 12.0. The molecule has 2 rings (SSSR count). The molecular weight excluding hydrogens is 316 g/mol. The van der Waals surface area contributed by atoms with E-state index >= 15 is 0 Å². The molecule has 0 N–H and O–H groups in total. The van der Waals surface area contributed by atoms with Crippen molar-refractivity contribution >= 4 is 17.5 Å². The van der Waals surface area contributed by atoms with Crippen LogP contribution < -0.4 is 0 Å². The molecule has 130 valence electrons. The van der Waals surface area contributed by atoms with Crippen molar-refractivity contribution in [2.45, 2.75) is 33.1 Å². The largest absolute Gasteiger partial charge is 0.457 e. The number of hydrogen-bond donors (Lipinski definition) is 0. The van der Waals surface area contributed by atoms with Gasteiger partial charge in [-0.25, -0.2) is 0 Å². The van der Waals surface area contributed by atoms with Crippen molar-refractivity contribution < 1.29 is 19.1 Å². The van der Waals surface area contributed by atoms with Crippen LogP contribution in [-0.2, 0) is 16.0 Å². The standard InChI is InChI=1S/C21H22O4/c1-3-16-6-10-18(11-7-16)20(23)14-25-21(24)13-12-19(22)17-8-4-15(2)5-9-17/h4-11H,3,12-14H2,1-2H3. The van der Waals surface area contributed by atoms with E-state index in [1.54, 1.807) is 24.3 Å². The molecule has 0 heterocycles. The SMILES string of the molecule is CCc1ccc(C(=O)COC(=O)CCC(=O)c2ccc(C)cc2)cc1. The van der Waals surface area contributed by atoms with Gasteiger partial charge in [-0.2, -0.15) is 0 Å². The van der Waals surface area contributed by atoms with Crippen LogP contribution in [-0.4, -0.2) is 24.1 Å². The molecule has 0 radical (unpaired) electrons. The van der Waals surface area contributed by atoms with Crippen molar-refractivity contribution in [3.8, 4) is 0 Å². The first-order valence-corrected chi connectivity index (χ1v) is 8.37. The molecule has 0 unspecified atom stereocenters. The Bertz CT molecular complexity index is 742. The van der Waals surface area contributed by atoms with Crippen LogP contribution in [0, 0.1) is 6.92 Å². The van der Waals surface area contributed by atoms with Gasteiger partial charge in [0.25, 0.3) is 0 Å². The normalized spacial score (nSPS) is 10.3. The summed E-state index contributed by atoms with van der Waals surface area (Å²) in [6.07, 6.45) is 0.939. The summed E-state index contributed by atoms with van der Waals surface area (Å²) in [5.41, 5.74) is 3.30. The third kappa shape index (κ3) is 5.68. The fourth-order valence-corrected chi connectivity index (χ4v) is 2.33. The van der Waals surface area contributed by atoms with Gasteiger partial charge in [-0.3, -0.25) is 14.4 Å². The van der Waals surface area contributed by atoms with Crippen LogP contribution in [0.5, 0.6) is 0 Å². The zero-order valence-corrected chi connectivity index (χ0v) is 14.6. The summed E-state index contributed by atoms with van der Waals surface area (Å²) in [6, 6.07) is 14.4. The molecule has 0 aliphatic rings. The van der Waals surface area contributed by atoms with Gasteiger partial charge in [0, 0.05) is 17.5 Å². The number of hydrogen-bond acceptors (Lipinski definition) is 4. The summed E-state index contributed by atoms with van der Waals surface area (Å²) in [7, 11) is 0. The predicted octanol–water partition coefficient (Wildman–Crippen LogP) is 3.95. The average Bonchev–Trinajstić information content (AvgIpc) is 2.64. The second-order valence-corrected chi connectivity index (χ2v) is 5.92. The third-order valence-electron chi connectivity index (χ3n) is 3.98. The highest BCUT2D eigenvalue weighted by atomic mass is 16.5. The second kappa shape index (κ2) is 8.92. The Balaban J connectivity index is 1.77. The lowest BCUT2D eigenvalue weighted by molar-refractivity contribution is -0.142. The van der Waals surface area contributed by atoms with Gasteiger partial charge < -0.3 is 4.74 Å². The average molecular weight is 338 g/mol. The van der Waals surface area contributed by atoms with E-state index in [9.17, 15) is 14.4 Å². The van der Waals surface area contributed by atoms with Gasteiger partial charge in [-0.05, 0) is 18.9 Å². The molecule has 2 aromatic carbocycles. The van der Waals surface area contributed by atoms with Gasteiger partial charge in [-0.15, -0.1) is 0 Å². The summed E-state index contributed by atoms with van der Waals surface area (Å²) >= 11 is 0. The number of ketones is 2. The summed E-state index contributed by atoms with van der Waals surface area (Å²) in [5, 5.41) is 0. The Morgan fingerprint density at radius 1 is 0.800 bits per heavy atom. The van der Waals surface area contributed by atoms with E-state index in [2.05, 4.69) is 0 Å². The van der Waals surface area contributed by atoms with Crippen LogP contribution in [0.3, 0.4) is 0 Å². The Labute approximate surface area is 147 Å². The lowest BCUT2D eigenvalue weighted by Crippen LogP contribution is -2.15. The summed E-state index contributed by atoms with van der Waals surface area (Å²) in [4.78, 5) is 35.7. The first kappa shape index (κ1) is 18.6. The fraction of sp³-hybridized carbons (Fsp3) is 0.286. The molecule has 25 heavy (non-hydrogen) atoms. The highest BCUT2D eigenvalue weighted by Crippen LogP contribution is 2.09. The smallest absolute Gasteiger partial charge is 0.306 e. The molecule has 0 bridgehead atoms. The quantitative estimate of drug-likeness (QED) is 0.540. The maximum Gasteiger partial charge on any atom is 0.306 e. The van der Waals surface area contributed by atoms with Gasteiger partial charge in [0.2, 0.25) is 0 Å². The van der Waals surface area contributed by atoms with Crippen LogP contribution in [0.2, 0.25) is 0 Å². The monoisotopic (exact) mass is 338 g/mol. The van der Waals surface area contributed by atoms with E-state index < -0.39 is 5.97 Å². The zero-order chi connectivity index (χ0) is 18.2. The van der Waals surface area contributed by atoms with Crippen molar-refractivity contribution in [1.82, 2.24) is 0 Å². The molecule has 0 fully saturated rings. The lowest BCUT2D eigenvalue weighted by Gasteiger charge is -2.05. The van der Waals surface area contributed by atoms with E-state index in [4.69, 9.17) is 4.74 Å². The van der Waals surface area contributed by atoms with E-state index in [1.807, 2.05) is 38.1 Å². The first-order valence-electron chi connectivity index (χ1n) is 8.37. The van der Waals surface area contributed by atoms with Crippen molar-refractivity contribution in [1.29, 1.82) is 0 Å². The molecule has 0 saturated heterocycles. The van der Waals surface area contributed by atoms with Crippen LogP contribution in [0.25, 0.3) is 0 Å². The van der Waals surface area contributed by atoms with Crippen molar-refractivity contribution in [2.75, 3.05) is 6.61 Å². The van der Waals surface area contributed by atoms with Crippen LogP contribution in [0.15, 0.2) is 48.5 Å². The molecule has 4 heteroatoms. The highest BCUT2D eigenvalue weighted by Gasteiger charge is 2.13. The van der Waals surface area contributed by atoms with E-state index in [0.29, 0.717) is 11.1 Å². The van der Waals surface area contributed by atoms with E-state index in [0.717, 1.165) is 17.5 Å². The molecule has 0 aliphatic heterocycles. The third-order valence-corrected chi connectivity index (χ3v) is 3.98. The Morgan fingerprint density at radius 3 is 1.96 bits per heavy atom. The molecule has 4 nitrogen and oxygen atoms in total. The molecule has 0 aliphatic carbocycles. The number of esters is 1. The van der Waals surface area contributed by atoms with Gasteiger partial charge in [0.1, 0.15) is 0 Å². The molecule has 0 aromatic heterocycles. The van der Waals surface area contributed by atoms with E-state index in [1.165, 1.54) is 0 Å². The summed E-state index contributed by atoms with van der Waals surface area (Å²) < 4.78 is 4.98. The fourth-order valence-electron chi connectivity index (χ4n) is 2.33. The maximum absolute atomic E-state index is 12.0. The summed E-state index contributed by atoms with van der Waals surface area (Å²) in [5.74, 6) is -0.904. The number of rotatable bonds is 8. The van der Waals surface area contributed by atoms with Gasteiger partial charge in [-0.1, -0.05) is 61.0 Å². The molecule has 0 spiro atoms. The Kier molecular flexibility index (Phi) is 6.63. The van der Waals surface area contributed by atoms with Crippen molar-refractivity contribution in [3.63, 3.8) is 0 Å². The number of aryl methyl sites for hydroxylation is 2. The van der Waals surface area contributed by atoms with Crippen LogP contribution in [0.1, 0.15) is 51.6 Å². The molecule has 0 amide bonds. The number of carbonyl (C=O) groups excluding carboxylic acids is 3. The number of benzene rings is 2. The van der Waals surface area contributed by atoms with Crippen LogP contribution in [0.4, 0.5) is 0 Å². The van der Waals surface area contributed by atoms with Crippen molar-refractivity contribution in [3.05, 3.63) is 70.8 Å². The molecule has 0 saturated carbocycles. The molecule has 0 atom stereocenters. The number of Topliss-reactive ketones (excluding diaryl/α,β-unsaturated/α-hetero) is 2. The Morgan fingerprint density at radius 2 is 1.36 bits per heavy atom. The highest BCUT2D eigenvalue weighted by molar-refractivity contribution is 5.99. The van der Waals surface area contributed by atoms with Gasteiger partial charge in [0.15, 0.2) is 18.2 Å². The number of ether oxygens (including phenoxy) is 1.